The van der Waals surface area contributed by atoms with Crippen LogP contribution in [0.2, 0.25) is 0 Å². The molecule has 0 aliphatic rings. The Hall–Kier alpha value is -2.44. The molecule has 2 rings (SSSR count). The van der Waals surface area contributed by atoms with Crippen molar-refractivity contribution in [2.24, 2.45) is 5.92 Å². The minimum Gasteiger partial charge on any atom is -0.490 e. The highest BCUT2D eigenvalue weighted by Gasteiger charge is 2.17. The monoisotopic (exact) mass is 276 g/mol. The van der Waals surface area contributed by atoms with Gasteiger partial charge in [-0.3, -0.25) is 10.1 Å². The number of rotatable bonds is 5. The minimum absolute atomic E-state index is 0.0637. The van der Waals surface area contributed by atoms with Gasteiger partial charge in [0.2, 0.25) is 0 Å². The maximum atomic E-state index is 10.9. The van der Waals surface area contributed by atoms with E-state index in [9.17, 15) is 10.1 Å². The summed E-state index contributed by atoms with van der Waals surface area (Å²) in [5.41, 5.74) is 0.678. The van der Waals surface area contributed by atoms with Gasteiger partial charge in [0, 0.05) is 18.2 Å². The number of hydrogen-bond acceptors (Lipinski definition) is 5. The van der Waals surface area contributed by atoms with Crippen LogP contribution in [0.3, 0.4) is 0 Å². The second kappa shape index (κ2) is 5.68. The van der Waals surface area contributed by atoms with E-state index in [1.807, 2.05) is 4.57 Å². The molecule has 0 unspecified atom stereocenters. The van der Waals surface area contributed by atoms with Crippen LogP contribution in [0.15, 0.2) is 24.5 Å². The molecule has 0 spiro atoms. The summed E-state index contributed by atoms with van der Waals surface area (Å²) in [4.78, 5) is 10.4. The summed E-state index contributed by atoms with van der Waals surface area (Å²) in [7, 11) is 1.41. The second-order valence-electron chi connectivity index (χ2n) is 4.84. The van der Waals surface area contributed by atoms with E-state index in [4.69, 9.17) is 4.74 Å². The van der Waals surface area contributed by atoms with Crippen molar-refractivity contribution in [3.8, 4) is 17.1 Å². The Bertz CT molecular complexity index is 622. The summed E-state index contributed by atoms with van der Waals surface area (Å²) >= 11 is 0. The van der Waals surface area contributed by atoms with Crippen molar-refractivity contribution in [3.05, 3.63) is 34.6 Å². The number of nitrogens with zero attached hydrogens (tertiary/aromatic N) is 4. The zero-order valence-corrected chi connectivity index (χ0v) is 11.6. The van der Waals surface area contributed by atoms with E-state index in [1.165, 1.54) is 13.2 Å². The number of hydrogen-bond donors (Lipinski definition) is 0. The maximum Gasteiger partial charge on any atom is 0.310 e. The third kappa shape index (κ3) is 2.76. The molecular formula is C13H16N4O3. The molecule has 0 aliphatic heterocycles. The van der Waals surface area contributed by atoms with Crippen molar-refractivity contribution in [1.29, 1.82) is 0 Å². The van der Waals surface area contributed by atoms with Crippen molar-refractivity contribution in [3.63, 3.8) is 0 Å². The number of methoxy groups -OCH3 is 1. The molecule has 0 bridgehead atoms. The van der Waals surface area contributed by atoms with Crippen LogP contribution in [0.5, 0.6) is 5.75 Å². The summed E-state index contributed by atoms with van der Waals surface area (Å²) in [6.07, 6.45) is 1.66. The molecule has 1 aromatic carbocycles. The Kier molecular flexibility index (Phi) is 3.97. The van der Waals surface area contributed by atoms with Gasteiger partial charge in [0.25, 0.3) is 0 Å². The molecule has 0 amide bonds. The van der Waals surface area contributed by atoms with Crippen molar-refractivity contribution < 1.29 is 9.66 Å². The van der Waals surface area contributed by atoms with Gasteiger partial charge in [0.15, 0.2) is 11.6 Å². The highest BCUT2D eigenvalue weighted by molar-refractivity contribution is 5.63. The van der Waals surface area contributed by atoms with E-state index < -0.39 is 4.92 Å². The van der Waals surface area contributed by atoms with Crippen LogP contribution in [0.4, 0.5) is 5.69 Å². The molecule has 0 aliphatic carbocycles. The van der Waals surface area contributed by atoms with Gasteiger partial charge in [-0.25, -0.2) is 0 Å². The Morgan fingerprint density at radius 3 is 2.80 bits per heavy atom. The van der Waals surface area contributed by atoms with Crippen molar-refractivity contribution >= 4 is 5.69 Å². The van der Waals surface area contributed by atoms with E-state index >= 15 is 0 Å². The maximum absolute atomic E-state index is 10.9. The Balaban J connectivity index is 2.43. The van der Waals surface area contributed by atoms with Gasteiger partial charge >= 0.3 is 5.69 Å². The smallest absolute Gasteiger partial charge is 0.310 e. The zero-order chi connectivity index (χ0) is 14.7. The van der Waals surface area contributed by atoms with Gasteiger partial charge in [-0.2, -0.15) is 0 Å². The Morgan fingerprint density at radius 1 is 1.45 bits per heavy atom. The van der Waals surface area contributed by atoms with Crippen molar-refractivity contribution in [1.82, 2.24) is 14.8 Å². The van der Waals surface area contributed by atoms with Gasteiger partial charge in [0.05, 0.1) is 12.0 Å². The first kappa shape index (κ1) is 14.0. The molecule has 1 heterocycles. The van der Waals surface area contributed by atoms with Crippen molar-refractivity contribution in [2.45, 2.75) is 20.4 Å². The molecule has 0 fully saturated rings. The fraction of sp³-hybridized carbons (Fsp3) is 0.385. The molecule has 0 N–H and O–H groups in total. The summed E-state index contributed by atoms with van der Waals surface area (Å²) in [5.74, 6) is 1.34. The predicted molar refractivity (Wildman–Crippen MR) is 73.5 cm³/mol. The number of ether oxygens (including phenoxy) is 1. The van der Waals surface area contributed by atoms with Crippen LogP contribution < -0.4 is 4.74 Å². The molecule has 0 saturated heterocycles. The quantitative estimate of drug-likeness (QED) is 0.619. The van der Waals surface area contributed by atoms with Crippen LogP contribution in [0.1, 0.15) is 13.8 Å². The summed E-state index contributed by atoms with van der Waals surface area (Å²) in [6, 6.07) is 4.68. The van der Waals surface area contributed by atoms with Crippen LogP contribution in [0, 0.1) is 16.0 Å². The van der Waals surface area contributed by atoms with E-state index in [2.05, 4.69) is 24.0 Å². The molecule has 106 valence electrons. The molecule has 0 radical (unpaired) electrons. The Morgan fingerprint density at radius 2 is 2.20 bits per heavy atom. The number of nitro groups is 1. The van der Waals surface area contributed by atoms with Gasteiger partial charge in [-0.05, 0) is 18.1 Å². The molecule has 7 nitrogen and oxygen atoms in total. The number of aromatic nitrogens is 3. The fourth-order valence-electron chi connectivity index (χ4n) is 1.97. The van der Waals surface area contributed by atoms with Gasteiger partial charge in [0.1, 0.15) is 6.33 Å². The molecule has 2 aromatic rings. The lowest BCUT2D eigenvalue weighted by molar-refractivity contribution is -0.385. The summed E-state index contributed by atoms with van der Waals surface area (Å²) < 4.78 is 6.99. The molecule has 0 atom stereocenters. The van der Waals surface area contributed by atoms with E-state index in [1.54, 1.807) is 18.5 Å². The average Bonchev–Trinajstić information content (AvgIpc) is 2.85. The first-order chi connectivity index (χ1) is 9.52. The van der Waals surface area contributed by atoms with Crippen LogP contribution in [0.25, 0.3) is 11.4 Å². The zero-order valence-electron chi connectivity index (χ0n) is 11.6. The topological polar surface area (TPSA) is 83.1 Å². The Labute approximate surface area is 116 Å². The first-order valence-electron chi connectivity index (χ1n) is 6.23. The van der Waals surface area contributed by atoms with Crippen LogP contribution in [-0.4, -0.2) is 26.8 Å². The molecule has 7 heteroatoms. The third-order valence-electron chi connectivity index (χ3n) is 2.81. The summed E-state index contributed by atoms with van der Waals surface area (Å²) in [5, 5.41) is 18.9. The fourth-order valence-corrected chi connectivity index (χ4v) is 1.97. The second-order valence-corrected chi connectivity index (χ2v) is 4.84. The lowest BCUT2D eigenvalue weighted by Crippen LogP contribution is -2.05. The molecule has 0 saturated carbocycles. The molecule has 20 heavy (non-hydrogen) atoms. The molecular weight excluding hydrogens is 260 g/mol. The number of nitro benzene ring substituents is 1. The normalized spacial score (nSPS) is 10.8. The van der Waals surface area contributed by atoms with E-state index in [0.717, 1.165) is 12.1 Å². The van der Waals surface area contributed by atoms with E-state index in [0.29, 0.717) is 11.7 Å². The number of benzene rings is 1. The van der Waals surface area contributed by atoms with Gasteiger partial charge < -0.3 is 9.30 Å². The van der Waals surface area contributed by atoms with Crippen LogP contribution in [-0.2, 0) is 6.54 Å². The van der Waals surface area contributed by atoms with Gasteiger partial charge in [-0.15, -0.1) is 10.2 Å². The van der Waals surface area contributed by atoms with Crippen LogP contribution >= 0.6 is 0 Å². The predicted octanol–water partition coefficient (Wildman–Crippen LogP) is 2.52. The third-order valence-corrected chi connectivity index (χ3v) is 2.81. The minimum atomic E-state index is -0.471. The lowest BCUT2D eigenvalue weighted by Gasteiger charge is -2.10. The largest absolute Gasteiger partial charge is 0.490 e. The lowest BCUT2D eigenvalue weighted by atomic mass is 10.1. The van der Waals surface area contributed by atoms with Gasteiger partial charge in [-0.1, -0.05) is 13.8 Å². The standard InChI is InChI=1S/C13H16N4O3/c1-9(2)7-16-8-14-15-13(16)10-4-5-11(17(18)19)12(6-10)20-3/h4-6,8-9H,7H2,1-3H3. The van der Waals surface area contributed by atoms with Crippen molar-refractivity contribution in [2.75, 3.05) is 7.11 Å². The highest BCUT2D eigenvalue weighted by Crippen LogP contribution is 2.31. The SMILES string of the molecule is COc1cc(-c2nncn2CC(C)C)ccc1[N+](=O)[O-]. The first-order valence-corrected chi connectivity index (χ1v) is 6.23. The average molecular weight is 276 g/mol. The van der Waals surface area contributed by atoms with E-state index in [-0.39, 0.29) is 11.4 Å². The highest BCUT2D eigenvalue weighted by atomic mass is 16.6. The molecule has 1 aromatic heterocycles. The summed E-state index contributed by atoms with van der Waals surface area (Å²) in [6.45, 7) is 4.97.